The Kier molecular flexibility index (Phi) is 5.43. The summed E-state index contributed by atoms with van der Waals surface area (Å²) < 4.78 is 0. The van der Waals surface area contributed by atoms with Gasteiger partial charge in [-0.05, 0) is 40.5 Å². The van der Waals surface area contributed by atoms with E-state index < -0.39 is 45.8 Å². The molecule has 8 rings (SSSR count). The first-order valence-corrected chi connectivity index (χ1v) is 13.1. The second kappa shape index (κ2) is 9.06. The highest BCUT2D eigenvalue weighted by atomic mass is 16.6. The van der Waals surface area contributed by atoms with E-state index in [0.29, 0.717) is 5.56 Å². The fourth-order valence-corrected chi connectivity index (χ4v) is 6.94. The fraction of sp³-hybridized carbons (Fsp3) is 0.125. The van der Waals surface area contributed by atoms with E-state index in [1.807, 2.05) is 48.5 Å². The number of anilines is 1. The molecule has 1 aliphatic heterocycles. The van der Waals surface area contributed by atoms with Crippen molar-refractivity contribution in [3.05, 3.63) is 141 Å². The number of imide groups is 1. The van der Waals surface area contributed by atoms with Crippen LogP contribution in [0.4, 0.5) is 11.4 Å². The highest BCUT2D eigenvalue weighted by molar-refractivity contribution is 6.25. The first kappa shape index (κ1) is 24.6. The van der Waals surface area contributed by atoms with Crippen molar-refractivity contribution in [2.24, 2.45) is 16.9 Å². The van der Waals surface area contributed by atoms with Crippen molar-refractivity contribution in [1.29, 1.82) is 0 Å². The summed E-state index contributed by atoms with van der Waals surface area (Å²) in [5, 5.41) is 16.3. The van der Waals surface area contributed by atoms with Crippen LogP contribution in [-0.2, 0) is 15.0 Å². The minimum Gasteiger partial charge on any atom is -0.274 e. The molecule has 9 nitrogen and oxygen atoms in total. The lowest BCUT2D eigenvalue weighted by Crippen LogP contribution is -2.54. The van der Waals surface area contributed by atoms with Crippen LogP contribution in [0.3, 0.4) is 0 Å². The van der Waals surface area contributed by atoms with Crippen LogP contribution < -0.4 is 10.3 Å². The van der Waals surface area contributed by atoms with Crippen molar-refractivity contribution >= 4 is 35.3 Å². The number of rotatable bonds is 5. The first-order chi connectivity index (χ1) is 19.9. The largest absolute Gasteiger partial charge is 0.293 e. The van der Waals surface area contributed by atoms with E-state index in [2.05, 4.69) is 10.5 Å². The van der Waals surface area contributed by atoms with Crippen LogP contribution in [0, 0.1) is 22.0 Å². The predicted molar refractivity (Wildman–Crippen MR) is 150 cm³/mol. The molecule has 3 amide bonds. The number of nitrogens with zero attached hydrogens (tertiary/aromatic N) is 3. The molecule has 3 aliphatic carbocycles. The normalized spacial score (nSPS) is 23.7. The Morgan fingerprint density at radius 3 is 2.07 bits per heavy atom. The zero-order chi connectivity index (χ0) is 28.3. The average Bonchev–Trinajstić information content (AvgIpc) is 3.28. The monoisotopic (exact) mass is 542 g/mol. The van der Waals surface area contributed by atoms with Gasteiger partial charge in [-0.15, -0.1) is 0 Å². The number of hydrogen-bond acceptors (Lipinski definition) is 6. The maximum absolute atomic E-state index is 14.4. The van der Waals surface area contributed by atoms with E-state index in [4.69, 9.17) is 0 Å². The van der Waals surface area contributed by atoms with Gasteiger partial charge in [-0.1, -0.05) is 78.9 Å². The van der Waals surface area contributed by atoms with E-state index in [0.717, 1.165) is 27.2 Å². The third kappa shape index (κ3) is 3.35. The smallest absolute Gasteiger partial charge is 0.274 e. The molecule has 41 heavy (non-hydrogen) atoms. The second-order valence-corrected chi connectivity index (χ2v) is 10.3. The SMILES string of the molecule is O=C(N/N=C\C12c3ccccc3C(c3ccccc31)[C@@H]1C(=O)N(c3ccccc3[N+](=O)[O-])C(=O)[C@H]12)c1ccccc1. The molecule has 4 aromatic rings. The molecule has 0 spiro atoms. The molecular weight excluding hydrogens is 520 g/mol. The number of benzene rings is 4. The third-order valence-electron chi connectivity index (χ3n) is 8.47. The number of hydrazone groups is 1. The average molecular weight is 543 g/mol. The molecular formula is C32H22N4O5. The second-order valence-electron chi connectivity index (χ2n) is 10.3. The molecule has 9 heteroatoms. The number of nitro benzene ring substituents is 1. The van der Waals surface area contributed by atoms with Gasteiger partial charge in [-0.3, -0.25) is 24.5 Å². The van der Waals surface area contributed by atoms with E-state index in [1.54, 1.807) is 42.6 Å². The van der Waals surface area contributed by atoms with Gasteiger partial charge in [0.1, 0.15) is 5.69 Å². The fourth-order valence-electron chi connectivity index (χ4n) is 6.94. The van der Waals surface area contributed by atoms with Crippen LogP contribution in [0.1, 0.15) is 38.5 Å². The summed E-state index contributed by atoms with van der Waals surface area (Å²) in [5.41, 5.74) is 4.82. The molecule has 200 valence electrons. The number of carbonyl (C=O) groups is 3. The quantitative estimate of drug-likeness (QED) is 0.171. The van der Waals surface area contributed by atoms with E-state index >= 15 is 0 Å². The maximum Gasteiger partial charge on any atom is 0.293 e. The van der Waals surface area contributed by atoms with Gasteiger partial charge in [-0.2, -0.15) is 5.10 Å². The number of amides is 3. The van der Waals surface area contributed by atoms with Gasteiger partial charge in [0.05, 0.1) is 22.2 Å². The lowest BCUT2D eigenvalue weighted by molar-refractivity contribution is -0.384. The van der Waals surface area contributed by atoms with Gasteiger partial charge in [0.25, 0.3) is 11.6 Å². The standard InChI is InChI=1S/C32H22N4O5/c37-29(19-10-2-1-3-11-19)34-33-18-32-22-14-6-4-12-20(22)26(21-13-5-7-15-23(21)32)27-28(32)31(39)35(30(27)38)24-16-8-9-17-25(24)36(40)41/h1-18,26-28H,(H,34,37)/b33-18-/t26?,27-,28-,32?/m0/s1. The molecule has 1 fully saturated rings. The molecule has 1 saturated heterocycles. The Morgan fingerprint density at radius 2 is 1.41 bits per heavy atom. The highest BCUT2D eigenvalue weighted by Crippen LogP contribution is 2.63. The van der Waals surface area contributed by atoms with Crippen molar-refractivity contribution in [2.45, 2.75) is 11.3 Å². The zero-order valence-corrected chi connectivity index (χ0v) is 21.5. The summed E-state index contributed by atoms with van der Waals surface area (Å²) in [5.74, 6) is -3.62. The van der Waals surface area contributed by atoms with Crippen LogP contribution >= 0.6 is 0 Å². The Bertz CT molecular complexity index is 1750. The van der Waals surface area contributed by atoms with Crippen LogP contribution in [0.15, 0.2) is 108 Å². The van der Waals surface area contributed by atoms with Crippen molar-refractivity contribution in [3.63, 3.8) is 0 Å². The molecule has 0 aromatic heterocycles. The minimum absolute atomic E-state index is 0.0566. The van der Waals surface area contributed by atoms with E-state index in [9.17, 15) is 24.5 Å². The summed E-state index contributed by atoms with van der Waals surface area (Å²) in [6, 6.07) is 29.7. The minimum atomic E-state index is -1.21. The number of nitrogens with one attached hydrogen (secondary N) is 1. The van der Waals surface area contributed by atoms with Gasteiger partial charge in [0, 0.05) is 23.8 Å². The molecule has 4 aliphatic rings. The maximum atomic E-state index is 14.4. The summed E-state index contributed by atoms with van der Waals surface area (Å²) in [7, 11) is 0. The van der Waals surface area contributed by atoms with E-state index in [1.165, 1.54) is 18.2 Å². The number of nitro groups is 1. The molecule has 1 heterocycles. The van der Waals surface area contributed by atoms with Crippen LogP contribution in [0.2, 0.25) is 0 Å². The lowest BCUT2D eigenvalue weighted by Gasteiger charge is -2.52. The van der Waals surface area contributed by atoms with Crippen LogP contribution in [0.5, 0.6) is 0 Å². The van der Waals surface area contributed by atoms with Crippen molar-refractivity contribution in [3.8, 4) is 0 Å². The number of hydrogen-bond donors (Lipinski definition) is 1. The summed E-state index contributed by atoms with van der Waals surface area (Å²) in [6.07, 6.45) is 1.56. The molecule has 0 radical (unpaired) electrons. The molecule has 4 aromatic carbocycles. The molecule has 2 atom stereocenters. The number of para-hydroxylation sites is 2. The van der Waals surface area contributed by atoms with Crippen molar-refractivity contribution in [1.82, 2.24) is 5.43 Å². The Hall–Kier alpha value is -5.44. The summed E-state index contributed by atoms with van der Waals surface area (Å²) in [4.78, 5) is 53.7. The third-order valence-corrected chi connectivity index (χ3v) is 8.47. The topological polar surface area (TPSA) is 122 Å². The molecule has 2 bridgehead atoms. The van der Waals surface area contributed by atoms with Crippen molar-refractivity contribution < 1.29 is 19.3 Å². The zero-order valence-electron chi connectivity index (χ0n) is 21.5. The van der Waals surface area contributed by atoms with Gasteiger partial charge >= 0.3 is 0 Å². The van der Waals surface area contributed by atoms with E-state index in [-0.39, 0.29) is 11.4 Å². The number of carbonyl (C=O) groups excluding carboxylic acids is 3. The van der Waals surface area contributed by atoms with Gasteiger partial charge in [0.15, 0.2) is 0 Å². The summed E-state index contributed by atoms with van der Waals surface area (Å²) >= 11 is 0. The molecule has 0 saturated carbocycles. The van der Waals surface area contributed by atoms with Crippen molar-refractivity contribution in [2.75, 3.05) is 4.90 Å². The lowest BCUT2D eigenvalue weighted by atomic mass is 9.47. The Labute approximate surface area is 234 Å². The predicted octanol–water partition coefficient (Wildman–Crippen LogP) is 4.56. The van der Waals surface area contributed by atoms with Gasteiger partial charge in [-0.25, -0.2) is 10.3 Å². The van der Waals surface area contributed by atoms with Crippen LogP contribution in [0.25, 0.3) is 0 Å². The Balaban J connectivity index is 1.43. The molecule has 0 unspecified atom stereocenters. The Morgan fingerprint density at radius 1 is 0.829 bits per heavy atom. The summed E-state index contributed by atoms with van der Waals surface area (Å²) in [6.45, 7) is 0. The highest BCUT2D eigenvalue weighted by Gasteiger charge is 2.68. The van der Waals surface area contributed by atoms with Gasteiger partial charge in [0.2, 0.25) is 11.8 Å². The van der Waals surface area contributed by atoms with Gasteiger partial charge < -0.3 is 0 Å². The molecule has 1 N–H and O–H groups in total. The van der Waals surface area contributed by atoms with Crippen LogP contribution in [-0.4, -0.2) is 28.9 Å². The first-order valence-electron chi connectivity index (χ1n) is 13.1.